The second-order valence-electron chi connectivity index (χ2n) is 8.90. The van der Waals surface area contributed by atoms with Crippen molar-refractivity contribution in [3.8, 4) is 0 Å². The van der Waals surface area contributed by atoms with Crippen molar-refractivity contribution >= 4 is 5.97 Å². The molecular formula is C23H42O2. The Morgan fingerprint density at radius 1 is 0.880 bits per heavy atom. The van der Waals surface area contributed by atoms with Crippen LogP contribution in [0.15, 0.2) is 0 Å². The Bertz CT molecular complexity index is 362. The van der Waals surface area contributed by atoms with E-state index in [1.807, 2.05) is 0 Å². The molecule has 2 saturated carbocycles. The molecule has 1 atom stereocenters. The molecule has 0 amide bonds. The van der Waals surface area contributed by atoms with E-state index < -0.39 is 0 Å². The SMILES string of the molecule is CCCCCC[C@@H](C)OC(=O)C1CCC(C2CCC(CC)CC2)CC1. The van der Waals surface area contributed by atoms with Gasteiger partial charge in [-0.15, -0.1) is 0 Å². The zero-order chi connectivity index (χ0) is 18.1. The minimum atomic E-state index is 0.0936. The van der Waals surface area contributed by atoms with E-state index in [-0.39, 0.29) is 18.0 Å². The van der Waals surface area contributed by atoms with Gasteiger partial charge in [0.25, 0.3) is 0 Å². The van der Waals surface area contributed by atoms with Crippen molar-refractivity contribution in [2.24, 2.45) is 23.7 Å². The molecule has 0 radical (unpaired) electrons. The van der Waals surface area contributed by atoms with Crippen LogP contribution in [-0.2, 0) is 9.53 Å². The molecule has 0 aromatic heterocycles. The van der Waals surface area contributed by atoms with Gasteiger partial charge in [0.05, 0.1) is 12.0 Å². The highest BCUT2D eigenvalue weighted by Crippen LogP contribution is 2.42. The summed E-state index contributed by atoms with van der Waals surface area (Å²) in [5.41, 5.74) is 0. The lowest BCUT2D eigenvalue weighted by Crippen LogP contribution is -2.30. The molecule has 2 rings (SSSR count). The number of esters is 1. The smallest absolute Gasteiger partial charge is 0.309 e. The van der Waals surface area contributed by atoms with Gasteiger partial charge in [0.2, 0.25) is 0 Å². The van der Waals surface area contributed by atoms with Crippen molar-refractivity contribution < 1.29 is 9.53 Å². The monoisotopic (exact) mass is 350 g/mol. The second-order valence-corrected chi connectivity index (χ2v) is 8.90. The summed E-state index contributed by atoms with van der Waals surface area (Å²) in [6.07, 6.45) is 17.9. The first kappa shape index (κ1) is 20.8. The number of hydrogen-bond donors (Lipinski definition) is 0. The summed E-state index contributed by atoms with van der Waals surface area (Å²) in [4.78, 5) is 12.4. The Hall–Kier alpha value is -0.530. The number of unbranched alkanes of at least 4 members (excludes halogenated alkanes) is 3. The minimum Gasteiger partial charge on any atom is -0.462 e. The molecule has 2 aliphatic carbocycles. The van der Waals surface area contributed by atoms with Gasteiger partial charge in [0.15, 0.2) is 0 Å². The van der Waals surface area contributed by atoms with Gasteiger partial charge < -0.3 is 4.74 Å². The van der Waals surface area contributed by atoms with E-state index >= 15 is 0 Å². The number of ether oxygens (including phenoxy) is 1. The lowest BCUT2D eigenvalue weighted by atomic mass is 9.69. The topological polar surface area (TPSA) is 26.3 Å². The summed E-state index contributed by atoms with van der Waals surface area (Å²) in [6.45, 7) is 6.64. The number of hydrogen-bond acceptors (Lipinski definition) is 2. The maximum absolute atomic E-state index is 12.4. The van der Waals surface area contributed by atoms with Crippen LogP contribution in [-0.4, -0.2) is 12.1 Å². The van der Waals surface area contributed by atoms with Crippen molar-refractivity contribution in [3.63, 3.8) is 0 Å². The number of carbonyl (C=O) groups excluding carboxylic acids is 1. The van der Waals surface area contributed by atoms with Gasteiger partial charge in [-0.1, -0.05) is 52.4 Å². The Morgan fingerprint density at radius 2 is 1.48 bits per heavy atom. The first-order valence-corrected chi connectivity index (χ1v) is 11.3. The molecule has 2 heteroatoms. The van der Waals surface area contributed by atoms with Crippen LogP contribution < -0.4 is 0 Å². The van der Waals surface area contributed by atoms with Crippen LogP contribution in [0.4, 0.5) is 0 Å². The predicted molar refractivity (Wildman–Crippen MR) is 106 cm³/mol. The molecule has 0 aromatic rings. The van der Waals surface area contributed by atoms with E-state index in [9.17, 15) is 4.79 Å². The Morgan fingerprint density at radius 3 is 2.04 bits per heavy atom. The van der Waals surface area contributed by atoms with E-state index in [4.69, 9.17) is 4.74 Å². The normalized spacial score (nSPS) is 31.5. The quantitative estimate of drug-likeness (QED) is 0.333. The molecule has 0 spiro atoms. The van der Waals surface area contributed by atoms with Crippen LogP contribution in [0.1, 0.15) is 111 Å². The average Bonchev–Trinajstić information content (AvgIpc) is 2.65. The third-order valence-corrected chi connectivity index (χ3v) is 7.02. The first-order valence-electron chi connectivity index (χ1n) is 11.3. The molecular weight excluding hydrogens is 308 g/mol. The largest absolute Gasteiger partial charge is 0.462 e. The van der Waals surface area contributed by atoms with Gasteiger partial charge in [-0.2, -0.15) is 0 Å². The molecule has 25 heavy (non-hydrogen) atoms. The summed E-state index contributed by atoms with van der Waals surface area (Å²) in [5.74, 6) is 3.09. The van der Waals surface area contributed by atoms with E-state index in [1.54, 1.807) is 0 Å². The average molecular weight is 351 g/mol. The number of carbonyl (C=O) groups is 1. The summed E-state index contributed by atoms with van der Waals surface area (Å²) < 4.78 is 5.74. The van der Waals surface area contributed by atoms with E-state index in [2.05, 4.69) is 20.8 Å². The standard InChI is InChI=1S/C23H42O2/c1-4-6-7-8-9-18(3)25-23(24)22-16-14-21(15-17-22)20-12-10-19(5-2)11-13-20/h18-22H,4-17H2,1-3H3/t18-,19?,20?,21?,22?/m1/s1. The van der Waals surface area contributed by atoms with Gasteiger partial charge in [0.1, 0.15) is 0 Å². The van der Waals surface area contributed by atoms with Crippen LogP contribution in [0, 0.1) is 23.7 Å². The maximum atomic E-state index is 12.4. The van der Waals surface area contributed by atoms with Crippen LogP contribution in [0.25, 0.3) is 0 Å². The van der Waals surface area contributed by atoms with Gasteiger partial charge in [0, 0.05) is 0 Å². The Balaban J connectivity index is 1.63. The number of rotatable bonds is 9. The Kier molecular flexibility index (Phi) is 9.34. The Labute approximate surface area is 156 Å². The van der Waals surface area contributed by atoms with E-state index in [0.717, 1.165) is 37.0 Å². The summed E-state index contributed by atoms with van der Waals surface area (Å²) >= 11 is 0. The van der Waals surface area contributed by atoms with Crippen molar-refractivity contribution in [2.75, 3.05) is 0 Å². The predicted octanol–water partition coefficient (Wildman–Crippen LogP) is 6.91. The molecule has 0 saturated heterocycles. The fraction of sp³-hybridized carbons (Fsp3) is 0.957. The molecule has 0 bridgehead atoms. The molecule has 2 nitrogen and oxygen atoms in total. The third kappa shape index (κ3) is 6.94. The van der Waals surface area contributed by atoms with Crippen molar-refractivity contribution in [3.05, 3.63) is 0 Å². The lowest BCUT2D eigenvalue weighted by molar-refractivity contribution is -0.155. The highest BCUT2D eigenvalue weighted by molar-refractivity contribution is 5.72. The van der Waals surface area contributed by atoms with E-state index in [0.29, 0.717) is 0 Å². The van der Waals surface area contributed by atoms with Gasteiger partial charge >= 0.3 is 5.97 Å². The zero-order valence-corrected chi connectivity index (χ0v) is 17.1. The van der Waals surface area contributed by atoms with Crippen LogP contribution in [0.5, 0.6) is 0 Å². The molecule has 146 valence electrons. The van der Waals surface area contributed by atoms with Crippen LogP contribution >= 0.6 is 0 Å². The lowest BCUT2D eigenvalue weighted by Gasteiger charge is -2.37. The molecule has 0 heterocycles. The molecule has 0 aliphatic heterocycles. The summed E-state index contributed by atoms with van der Waals surface area (Å²) in [5, 5.41) is 0. The van der Waals surface area contributed by atoms with Gasteiger partial charge in [-0.3, -0.25) is 4.79 Å². The third-order valence-electron chi connectivity index (χ3n) is 7.02. The molecule has 2 fully saturated rings. The summed E-state index contributed by atoms with van der Waals surface area (Å²) in [6, 6.07) is 0. The second kappa shape index (κ2) is 11.2. The maximum Gasteiger partial charge on any atom is 0.309 e. The first-order chi connectivity index (χ1) is 12.1. The van der Waals surface area contributed by atoms with Crippen LogP contribution in [0.2, 0.25) is 0 Å². The fourth-order valence-electron chi connectivity index (χ4n) is 5.11. The molecule has 0 aromatic carbocycles. The summed E-state index contributed by atoms with van der Waals surface area (Å²) in [7, 11) is 0. The van der Waals surface area contributed by atoms with Crippen molar-refractivity contribution in [2.45, 2.75) is 117 Å². The van der Waals surface area contributed by atoms with E-state index in [1.165, 1.54) is 70.6 Å². The zero-order valence-electron chi connectivity index (χ0n) is 17.1. The highest BCUT2D eigenvalue weighted by atomic mass is 16.5. The van der Waals surface area contributed by atoms with Gasteiger partial charge in [-0.05, 0) is 76.0 Å². The van der Waals surface area contributed by atoms with Crippen molar-refractivity contribution in [1.82, 2.24) is 0 Å². The van der Waals surface area contributed by atoms with Crippen molar-refractivity contribution in [1.29, 1.82) is 0 Å². The molecule has 2 aliphatic rings. The highest BCUT2D eigenvalue weighted by Gasteiger charge is 2.33. The van der Waals surface area contributed by atoms with Crippen LogP contribution in [0.3, 0.4) is 0 Å². The molecule has 0 N–H and O–H groups in total. The fourth-order valence-corrected chi connectivity index (χ4v) is 5.11. The minimum absolute atomic E-state index is 0.0936. The van der Waals surface area contributed by atoms with Gasteiger partial charge in [-0.25, -0.2) is 0 Å². The molecule has 0 unspecified atom stereocenters.